The van der Waals surface area contributed by atoms with Gasteiger partial charge in [-0.15, -0.1) is 12.3 Å². The Labute approximate surface area is 90.0 Å². The molecule has 0 saturated carbocycles. The Hall–Kier alpha value is -1.13. The summed E-state index contributed by atoms with van der Waals surface area (Å²) in [4.78, 5) is 0. The number of benzene rings is 1. The fourth-order valence-corrected chi connectivity index (χ4v) is 1.26. The minimum atomic E-state index is 0.696. The van der Waals surface area contributed by atoms with Crippen LogP contribution in [0.2, 0.25) is 5.02 Å². The highest BCUT2D eigenvalue weighted by atomic mass is 35.5. The third-order valence-electron chi connectivity index (χ3n) is 1.78. The summed E-state index contributed by atoms with van der Waals surface area (Å²) < 4.78 is 5.48. The molecule has 0 aliphatic heterocycles. The molecule has 1 nitrogen and oxygen atoms in total. The summed E-state index contributed by atoms with van der Waals surface area (Å²) in [6.45, 7) is 0.696. The van der Waals surface area contributed by atoms with Crippen molar-refractivity contribution in [2.75, 3.05) is 6.61 Å². The molecule has 74 valence electrons. The molecular formula is C12H13ClO. The maximum atomic E-state index is 5.80. The van der Waals surface area contributed by atoms with Gasteiger partial charge in [0.2, 0.25) is 0 Å². The average Bonchev–Trinajstić information content (AvgIpc) is 2.18. The summed E-state index contributed by atoms with van der Waals surface area (Å²) >= 11 is 5.80. The number of halogens is 1. The van der Waals surface area contributed by atoms with Crippen molar-refractivity contribution in [1.82, 2.24) is 0 Å². The molecule has 1 rings (SSSR count). The molecule has 0 atom stereocenters. The number of hydrogen-bond acceptors (Lipinski definition) is 1. The molecule has 1 aromatic carbocycles. The van der Waals surface area contributed by atoms with E-state index in [0.717, 1.165) is 25.0 Å². The van der Waals surface area contributed by atoms with Gasteiger partial charge in [0, 0.05) is 11.4 Å². The van der Waals surface area contributed by atoms with E-state index < -0.39 is 0 Å². The van der Waals surface area contributed by atoms with Gasteiger partial charge in [0.05, 0.1) is 6.61 Å². The van der Waals surface area contributed by atoms with E-state index in [1.54, 1.807) is 0 Å². The Morgan fingerprint density at radius 3 is 2.93 bits per heavy atom. The second kappa shape index (κ2) is 6.34. The van der Waals surface area contributed by atoms with Crippen LogP contribution in [0.3, 0.4) is 0 Å². The van der Waals surface area contributed by atoms with Crippen LogP contribution in [0.15, 0.2) is 24.3 Å². The van der Waals surface area contributed by atoms with E-state index in [0.29, 0.717) is 11.6 Å². The Bertz CT molecular complexity index is 314. The van der Waals surface area contributed by atoms with Crippen LogP contribution in [0.4, 0.5) is 0 Å². The summed E-state index contributed by atoms with van der Waals surface area (Å²) in [6.07, 6.45) is 7.95. The first-order valence-corrected chi connectivity index (χ1v) is 5.02. The lowest BCUT2D eigenvalue weighted by Crippen LogP contribution is -1.96. The van der Waals surface area contributed by atoms with Gasteiger partial charge in [-0.2, -0.15) is 0 Å². The molecule has 0 saturated heterocycles. The number of unbranched alkanes of at least 4 members (excludes halogenated alkanes) is 2. The lowest BCUT2D eigenvalue weighted by atomic mass is 10.2. The largest absolute Gasteiger partial charge is 0.494 e. The minimum Gasteiger partial charge on any atom is -0.494 e. The Balaban J connectivity index is 2.22. The van der Waals surface area contributed by atoms with Crippen LogP contribution in [0.25, 0.3) is 0 Å². The number of terminal acetylenes is 1. The molecule has 0 unspecified atom stereocenters. The van der Waals surface area contributed by atoms with Gasteiger partial charge in [-0.1, -0.05) is 17.7 Å². The highest BCUT2D eigenvalue weighted by Crippen LogP contribution is 2.17. The summed E-state index contributed by atoms with van der Waals surface area (Å²) in [7, 11) is 0. The highest BCUT2D eigenvalue weighted by molar-refractivity contribution is 6.30. The molecule has 0 spiro atoms. The second-order valence-corrected chi connectivity index (χ2v) is 3.40. The van der Waals surface area contributed by atoms with E-state index in [1.807, 2.05) is 24.3 Å². The van der Waals surface area contributed by atoms with Crippen molar-refractivity contribution in [2.45, 2.75) is 19.3 Å². The Morgan fingerprint density at radius 2 is 2.21 bits per heavy atom. The van der Waals surface area contributed by atoms with Gasteiger partial charge in [-0.3, -0.25) is 0 Å². The molecule has 0 radical (unpaired) electrons. The minimum absolute atomic E-state index is 0.696. The molecule has 0 aliphatic rings. The van der Waals surface area contributed by atoms with Gasteiger partial charge in [0.1, 0.15) is 5.75 Å². The van der Waals surface area contributed by atoms with E-state index in [9.17, 15) is 0 Å². The highest BCUT2D eigenvalue weighted by Gasteiger charge is 1.94. The topological polar surface area (TPSA) is 9.23 Å². The fraction of sp³-hybridized carbons (Fsp3) is 0.333. The van der Waals surface area contributed by atoms with E-state index >= 15 is 0 Å². The van der Waals surface area contributed by atoms with E-state index in [-0.39, 0.29) is 0 Å². The standard InChI is InChI=1S/C12H13ClO/c1-2-3-4-5-9-14-12-8-6-7-11(13)10-12/h1,6-8,10H,3-5,9H2. The molecule has 1 aromatic rings. The maximum Gasteiger partial charge on any atom is 0.120 e. The molecule has 0 fully saturated rings. The molecular weight excluding hydrogens is 196 g/mol. The quantitative estimate of drug-likeness (QED) is 0.532. The van der Waals surface area contributed by atoms with Crippen molar-refractivity contribution in [3.8, 4) is 18.1 Å². The first-order chi connectivity index (χ1) is 6.83. The van der Waals surface area contributed by atoms with Crippen LogP contribution in [-0.4, -0.2) is 6.61 Å². The van der Waals surface area contributed by atoms with Gasteiger partial charge in [-0.05, 0) is 31.0 Å². The first kappa shape index (κ1) is 10.9. The summed E-state index contributed by atoms with van der Waals surface area (Å²) in [5.74, 6) is 3.42. The fourth-order valence-electron chi connectivity index (χ4n) is 1.08. The zero-order valence-electron chi connectivity index (χ0n) is 8.00. The molecule has 14 heavy (non-hydrogen) atoms. The van der Waals surface area contributed by atoms with Crippen LogP contribution in [0, 0.1) is 12.3 Å². The predicted octanol–water partition coefficient (Wildman–Crippen LogP) is 3.52. The van der Waals surface area contributed by atoms with Gasteiger partial charge >= 0.3 is 0 Å². The van der Waals surface area contributed by atoms with Crippen LogP contribution < -0.4 is 4.74 Å². The predicted molar refractivity (Wildman–Crippen MR) is 59.6 cm³/mol. The van der Waals surface area contributed by atoms with Crippen LogP contribution in [-0.2, 0) is 0 Å². The van der Waals surface area contributed by atoms with Crippen LogP contribution in [0.5, 0.6) is 5.75 Å². The van der Waals surface area contributed by atoms with E-state index in [4.69, 9.17) is 22.8 Å². The van der Waals surface area contributed by atoms with E-state index in [2.05, 4.69) is 5.92 Å². The number of ether oxygens (including phenoxy) is 1. The molecule has 0 heterocycles. The molecule has 0 bridgehead atoms. The van der Waals surface area contributed by atoms with Gasteiger partial charge < -0.3 is 4.74 Å². The van der Waals surface area contributed by atoms with Gasteiger partial charge in [-0.25, -0.2) is 0 Å². The van der Waals surface area contributed by atoms with Crippen molar-refractivity contribution in [2.24, 2.45) is 0 Å². The molecule has 0 amide bonds. The van der Waals surface area contributed by atoms with Crippen LogP contribution >= 0.6 is 11.6 Å². The Morgan fingerprint density at radius 1 is 1.36 bits per heavy atom. The maximum absolute atomic E-state index is 5.80. The summed E-state index contributed by atoms with van der Waals surface area (Å²) in [6, 6.07) is 7.40. The third kappa shape index (κ3) is 4.20. The Kier molecular flexibility index (Phi) is 4.96. The van der Waals surface area contributed by atoms with Crippen molar-refractivity contribution < 1.29 is 4.74 Å². The first-order valence-electron chi connectivity index (χ1n) is 4.65. The third-order valence-corrected chi connectivity index (χ3v) is 2.02. The van der Waals surface area contributed by atoms with Crippen LogP contribution in [0.1, 0.15) is 19.3 Å². The molecule has 0 aromatic heterocycles. The number of rotatable bonds is 5. The van der Waals surface area contributed by atoms with Gasteiger partial charge in [0.15, 0.2) is 0 Å². The van der Waals surface area contributed by atoms with E-state index in [1.165, 1.54) is 0 Å². The molecule has 0 N–H and O–H groups in total. The van der Waals surface area contributed by atoms with Crippen molar-refractivity contribution in [3.63, 3.8) is 0 Å². The smallest absolute Gasteiger partial charge is 0.120 e. The summed E-state index contributed by atoms with van der Waals surface area (Å²) in [5.41, 5.74) is 0. The monoisotopic (exact) mass is 208 g/mol. The zero-order chi connectivity index (χ0) is 10.2. The van der Waals surface area contributed by atoms with Crippen molar-refractivity contribution >= 4 is 11.6 Å². The zero-order valence-corrected chi connectivity index (χ0v) is 8.76. The SMILES string of the molecule is C#CCCCCOc1cccc(Cl)c1. The van der Waals surface area contributed by atoms with Crippen molar-refractivity contribution in [3.05, 3.63) is 29.3 Å². The normalized spacial score (nSPS) is 9.43. The molecule has 0 aliphatic carbocycles. The lowest BCUT2D eigenvalue weighted by molar-refractivity contribution is 0.307. The second-order valence-electron chi connectivity index (χ2n) is 2.97. The van der Waals surface area contributed by atoms with Gasteiger partial charge in [0.25, 0.3) is 0 Å². The summed E-state index contributed by atoms with van der Waals surface area (Å²) in [5, 5.41) is 0.700. The lowest BCUT2D eigenvalue weighted by Gasteiger charge is -2.04. The van der Waals surface area contributed by atoms with Crippen molar-refractivity contribution in [1.29, 1.82) is 0 Å². The molecule has 2 heteroatoms. The average molecular weight is 209 g/mol. The number of hydrogen-bond donors (Lipinski definition) is 0.